The molecule has 19 heavy (non-hydrogen) atoms. The number of nitrogens with zero attached hydrogens (tertiary/aromatic N) is 2. The fourth-order valence-corrected chi connectivity index (χ4v) is 3.37. The molecule has 0 bridgehead atoms. The van der Waals surface area contributed by atoms with Crippen LogP contribution in [0.1, 0.15) is 27.2 Å². The first-order valence-electron chi connectivity index (χ1n) is 6.53. The minimum Gasteiger partial charge on any atom is -0.444 e. The largest absolute Gasteiger partial charge is 0.444 e. The molecule has 1 unspecified atom stereocenters. The molecule has 1 heterocycles. The Balaban J connectivity index is 2.71. The van der Waals surface area contributed by atoms with Gasteiger partial charge in [0.25, 0.3) is 0 Å². The van der Waals surface area contributed by atoms with E-state index < -0.39 is 19.6 Å². The molecule has 1 atom stereocenters. The zero-order valence-corrected chi connectivity index (χ0v) is 13.7. The molecule has 0 spiro atoms. The molecule has 1 aliphatic heterocycles. The molecule has 0 aliphatic carbocycles. The highest BCUT2D eigenvalue weighted by Gasteiger charge is 2.50. The summed E-state index contributed by atoms with van der Waals surface area (Å²) in [4.78, 5) is 17.2. The van der Waals surface area contributed by atoms with Crippen LogP contribution in [0.15, 0.2) is 0 Å². The first-order chi connectivity index (χ1) is 8.46. The third-order valence-electron chi connectivity index (χ3n) is 2.56. The molecule has 0 saturated carbocycles. The second-order valence-corrected chi connectivity index (χ2v) is 11.4. The Kier molecular flexibility index (Phi) is 4.32. The molecule has 0 aromatic heterocycles. The van der Waals surface area contributed by atoms with E-state index in [-0.39, 0.29) is 6.09 Å². The Bertz CT molecular complexity index is 392. The van der Waals surface area contributed by atoms with Crippen molar-refractivity contribution in [2.24, 2.45) is 0 Å². The van der Waals surface area contributed by atoms with Crippen LogP contribution in [0.4, 0.5) is 4.79 Å². The number of rotatable bonds is 2. The highest BCUT2D eigenvalue weighted by Crippen LogP contribution is 2.31. The molecule has 0 radical (unpaired) electrons. The van der Waals surface area contributed by atoms with Crippen LogP contribution in [0.2, 0.25) is 19.6 Å². The maximum Gasteiger partial charge on any atom is 0.410 e. The summed E-state index contributed by atoms with van der Waals surface area (Å²) >= 11 is 0. The van der Waals surface area contributed by atoms with Gasteiger partial charge < -0.3 is 9.16 Å². The summed E-state index contributed by atoms with van der Waals surface area (Å²) in [6.45, 7) is 19.9. The summed E-state index contributed by atoms with van der Waals surface area (Å²) in [5.41, 5.74) is -1.39. The molecule has 1 rings (SSSR count). The van der Waals surface area contributed by atoms with Crippen LogP contribution in [0, 0.1) is 6.57 Å². The van der Waals surface area contributed by atoms with Crippen LogP contribution >= 0.6 is 0 Å². The van der Waals surface area contributed by atoms with Crippen LogP contribution in [-0.2, 0) is 9.16 Å². The standard InChI is InChI=1S/C13H24N2O3Si/c1-12(2,3)17-11(16)15-9-8-13(10-15,14-4)18-19(5,6)7/h8-10H2,1-3,5-7H3. The van der Waals surface area contributed by atoms with Gasteiger partial charge >= 0.3 is 11.8 Å². The average molecular weight is 284 g/mol. The Hall–Kier alpha value is -1.06. The van der Waals surface area contributed by atoms with E-state index in [4.69, 9.17) is 15.7 Å². The fraction of sp³-hybridized carbons (Fsp3) is 0.846. The smallest absolute Gasteiger partial charge is 0.410 e. The van der Waals surface area contributed by atoms with E-state index in [1.54, 1.807) is 4.90 Å². The van der Waals surface area contributed by atoms with Crippen molar-refractivity contribution in [3.8, 4) is 0 Å². The highest BCUT2D eigenvalue weighted by atomic mass is 28.4. The van der Waals surface area contributed by atoms with Crippen LogP contribution in [0.5, 0.6) is 0 Å². The minimum absolute atomic E-state index is 0.301. The quantitative estimate of drug-likeness (QED) is 0.578. The van der Waals surface area contributed by atoms with Gasteiger partial charge in [-0.05, 0) is 40.4 Å². The number of carbonyl (C=O) groups is 1. The van der Waals surface area contributed by atoms with Crippen molar-refractivity contribution in [1.29, 1.82) is 0 Å². The van der Waals surface area contributed by atoms with E-state index in [1.807, 2.05) is 20.8 Å². The van der Waals surface area contributed by atoms with Crippen molar-refractivity contribution in [1.82, 2.24) is 4.90 Å². The molecule has 1 fully saturated rings. The van der Waals surface area contributed by atoms with E-state index in [1.165, 1.54) is 0 Å². The summed E-state index contributed by atoms with van der Waals surface area (Å²) in [5.74, 6) is 0. The van der Waals surface area contributed by atoms with Crippen molar-refractivity contribution in [2.75, 3.05) is 13.1 Å². The molecule has 0 aromatic rings. The Morgan fingerprint density at radius 3 is 2.37 bits per heavy atom. The molecule has 108 valence electrons. The Morgan fingerprint density at radius 2 is 1.95 bits per heavy atom. The van der Waals surface area contributed by atoms with Crippen LogP contribution in [0.25, 0.3) is 4.85 Å². The lowest BCUT2D eigenvalue weighted by Crippen LogP contribution is -2.44. The first kappa shape index (κ1) is 16.0. The molecule has 0 N–H and O–H groups in total. The lowest BCUT2D eigenvalue weighted by atomic mass is 10.2. The summed E-state index contributed by atoms with van der Waals surface area (Å²) in [6, 6.07) is 0. The van der Waals surface area contributed by atoms with Crippen molar-refractivity contribution in [2.45, 2.75) is 58.2 Å². The molecule has 1 saturated heterocycles. The number of carbonyl (C=O) groups excluding carboxylic acids is 1. The third kappa shape index (κ3) is 4.84. The van der Waals surface area contributed by atoms with E-state index in [9.17, 15) is 4.79 Å². The van der Waals surface area contributed by atoms with Gasteiger partial charge in [-0.1, -0.05) is 0 Å². The third-order valence-corrected chi connectivity index (χ3v) is 3.55. The van der Waals surface area contributed by atoms with E-state index in [0.29, 0.717) is 19.5 Å². The molecule has 6 heteroatoms. The second kappa shape index (κ2) is 5.14. The predicted octanol–water partition coefficient (Wildman–Crippen LogP) is 3.09. The SMILES string of the molecule is [C-]#[N+]C1(O[Si](C)(C)C)CCN(C(=O)OC(C)(C)C)C1. The number of likely N-dealkylation sites (tertiary alicyclic amines) is 1. The van der Waals surface area contributed by atoms with Crippen molar-refractivity contribution < 1.29 is 14.0 Å². The molecule has 0 aromatic carbocycles. The van der Waals surface area contributed by atoms with Gasteiger partial charge in [-0.2, -0.15) is 0 Å². The van der Waals surface area contributed by atoms with Crippen LogP contribution in [0.3, 0.4) is 0 Å². The van der Waals surface area contributed by atoms with Gasteiger partial charge in [0, 0.05) is 6.54 Å². The van der Waals surface area contributed by atoms with Crippen molar-refractivity contribution in [3.63, 3.8) is 0 Å². The molecule has 5 nitrogen and oxygen atoms in total. The summed E-state index contributed by atoms with van der Waals surface area (Å²) in [7, 11) is -1.82. The predicted molar refractivity (Wildman–Crippen MR) is 76.2 cm³/mol. The Labute approximate surface area is 116 Å². The van der Waals surface area contributed by atoms with E-state index in [0.717, 1.165) is 0 Å². The lowest BCUT2D eigenvalue weighted by molar-refractivity contribution is 0.0243. The lowest BCUT2D eigenvalue weighted by Gasteiger charge is -2.27. The number of amides is 1. The topological polar surface area (TPSA) is 43.1 Å². The van der Waals surface area contributed by atoms with Crippen molar-refractivity contribution >= 4 is 14.4 Å². The average Bonchev–Trinajstić information content (AvgIpc) is 2.57. The summed E-state index contributed by atoms with van der Waals surface area (Å²) in [6.07, 6.45) is 0.192. The van der Waals surface area contributed by atoms with Gasteiger partial charge in [0.1, 0.15) is 12.1 Å². The van der Waals surface area contributed by atoms with E-state index >= 15 is 0 Å². The summed E-state index contributed by atoms with van der Waals surface area (Å²) in [5, 5.41) is 0. The number of hydrogen-bond donors (Lipinski definition) is 0. The number of hydrogen-bond acceptors (Lipinski definition) is 3. The molecular weight excluding hydrogens is 260 g/mol. The molecule has 1 amide bonds. The van der Waals surface area contributed by atoms with Crippen molar-refractivity contribution in [3.05, 3.63) is 11.4 Å². The summed E-state index contributed by atoms with van der Waals surface area (Å²) < 4.78 is 11.3. The monoisotopic (exact) mass is 284 g/mol. The van der Waals surface area contributed by atoms with Gasteiger partial charge in [0.15, 0.2) is 8.32 Å². The minimum atomic E-state index is -1.82. The van der Waals surface area contributed by atoms with Crippen LogP contribution < -0.4 is 0 Å². The van der Waals surface area contributed by atoms with Gasteiger partial charge in [-0.3, -0.25) is 9.74 Å². The van der Waals surface area contributed by atoms with Gasteiger partial charge in [-0.15, -0.1) is 0 Å². The second-order valence-electron chi connectivity index (χ2n) is 6.92. The normalized spacial score (nSPS) is 24.2. The maximum absolute atomic E-state index is 12.0. The fourth-order valence-electron chi connectivity index (χ4n) is 2.02. The highest BCUT2D eigenvalue weighted by molar-refractivity contribution is 6.69. The zero-order chi connectivity index (χ0) is 14.9. The van der Waals surface area contributed by atoms with Gasteiger partial charge in [0.2, 0.25) is 0 Å². The Morgan fingerprint density at radius 1 is 1.37 bits per heavy atom. The van der Waals surface area contributed by atoms with Gasteiger partial charge in [0.05, 0.1) is 6.42 Å². The number of ether oxygens (including phenoxy) is 1. The molecular formula is C13H24N2O3Si. The van der Waals surface area contributed by atoms with Gasteiger partial charge in [-0.25, -0.2) is 11.4 Å². The first-order valence-corrected chi connectivity index (χ1v) is 9.94. The van der Waals surface area contributed by atoms with Crippen LogP contribution in [-0.4, -0.2) is 43.7 Å². The molecule has 1 aliphatic rings. The maximum atomic E-state index is 12.0. The zero-order valence-electron chi connectivity index (χ0n) is 12.7. The van der Waals surface area contributed by atoms with E-state index in [2.05, 4.69) is 24.5 Å².